The highest BCUT2D eigenvalue weighted by molar-refractivity contribution is 5.92. The Kier molecular flexibility index (Phi) is 3.75. The molecule has 23 heavy (non-hydrogen) atoms. The molecule has 0 aliphatic carbocycles. The maximum absolute atomic E-state index is 12.0. The van der Waals surface area contributed by atoms with E-state index in [-0.39, 0.29) is 18.4 Å². The van der Waals surface area contributed by atoms with Crippen LogP contribution in [0.4, 0.5) is 11.5 Å². The lowest BCUT2D eigenvalue weighted by atomic mass is 10.3. The van der Waals surface area contributed by atoms with Gasteiger partial charge >= 0.3 is 0 Å². The molecule has 0 bridgehead atoms. The summed E-state index contributed by atoms with van der Waals surface area (Å²) in [5.74, 6) is 0.331. The minimum Gasteiger partial charge on any atom is -0.441 e. The number of aromatic nitrogens is 4. The van der Waals surface area contributed by atoms with Crippen LogP contribution in [0.5, 0.6) is 0 Å². The van der Waals surface area contributed by atoms with E-state index in [9.17, 15) is 9.59 Å². The number of amides is 2. The number of aryl methyl sites for hydroxylation is 1. The molecule has 0 saturated heterocycles. The second kappa shape index (κ2) is 5.87. The lowest BCUT2D eigenvalue weighted by molar-refractivity contribution is -0.117. The fourth-order valence-corrected chi connectivity index (χ4v) is 2.08. The molecule has 1 aromatic carbocycles. The number of carbonyl (C=O) groups is 2. The van der Waals surface area contributed by atoms with Crippen LogP contribution in [-0.2, 0) is 16.1 Å². The molecule has 118 valence electrons. The molecule has 2 amide bonds. The summed E-state index contributed by atoms with van der Waals surface area (Å²) >= 11 is 0. The maximum atomic E-state index is 12.0. The van der Waals surface area contributed by atoms with Crippen molar-refractivity contribution in [1.82, 2.24) is 20.0 Å². The van der Waals surface area contributed by atoms with Crippen molar-refractivity contribution >= 4 is 34.4 Å². The van der Waals surface area contributed by atoms with Gasteiger partial charge in [-0.15, -0.1) is 5.10 Å². The smallest absolute Gasteiger partial charge is 0.246 e. The molecule has 9 nitrogen and oxygen atoms in total. The summed E-state index contributed by atoms with van der Waals surface area (Å²) < 4.78 is 6.75. The molecule has 0 aliphatic rings. The van der Waals surface area contributed by atoms with Crippen LogP contribution in [0.1, 0.15) is 12.8 Å². The third kappa shape index (κ3) is 3.51. The Balaban J connectivity index is 1.65. The molecular formula is C14H14N6O3. The summed E-state index contributed by atoms with van der Waals surface area (Å²) in [4.78, 5) is 27.1. The molecule has 0 aliphatic heterocycles. The molecule has 0 saturated carbocycles. The first-order chi connectivity index (χ1) is 11.0. The van der Waals surface area contributed by atoms with Gasteiger partial charge in [-0.1, -0.05) is 5.21 Å². The molecule has 2 heterocycles. The van der Waals surface area contributed by atoms with Crippen molar-refractivity contribution in [3.05, 3.63) is 30.3 Å². The zero-order chi connectivity index (χ0) is 16.4. The SMILES string of the molecule is CC(=O)Nc1cn(CC(=O)Nc2ccc3nc(C)oc3c2)nn1. The van der Waals surface area contributed by atoms with E-state index in [1.165, 1.54) is 17.8 Å². The molecular weight excluding hydrogens is 300 g/mol. The minimum absolute atomic E-state index is 0.0277. The standard InChI is InChI=1S/C14H14N6O3/c1-8(21)15-13-6-20(19-18-13)7-14(22)17-10-3-4-11-12(5-10)23-9(2)16-11/h3-6H,7H2,1-2H3,(H,15,21)(H,17,22). The van der Waals surface area contributed by atoms with Crippen molar-refractivity contribution in [2.24, 2.45) is 0 Å². The lowest BCUT2D eigenvalue weighted by Crippen LogP contribution is -2.19. The molecule has 2 N–H and O–H groups in total. The number of hydrogen-bond donors (Lipinski definition) is 2. The third-order valence-corrected chi connectivity index (χ3v) is 2.93. The predicted molar refractivity (Wildman–Crippen MR) is 81.7 cm³/mol. The average molecular weight is 314 g/mol. The molecule has 0 fully saturated rings. The summed E-state index contributed by atoms with van der Waals surface area (Å²) in [6.45, 7) is 3.10. The normalized spacial score (nSPS) is 10.7. The summed E-state index contributed by atoms with van der Waals surface area (Å²) in [6.07, 6.45) is 1.48. The van der Waals surface area contributed by atoms with E-state index >= 15 is 0 Å². The topological polar surface area (TPSA) is 115 Å². The van der Waals surface area contributed by atoms with E-state index in [1.807, 2.05) is 0 Å². The zero-order valence-electron chi connectivity index (χ0n) is 12.5. The van der Waals surface area contributed by atoms with E-state index in [1.54, 1.807) is 25.1 Å². The van der Waals surface area contributed by atoms with Crippen LogP contribution >= 0.6 is 0 Å². The van der Waals surface area contributed by atoms with Gasteiger partial charge in [0.1, 0.15) is 12.1 Å². The van der Waals surface area contributed by atoms with Crippen molar-refractivity contribution in [3.8, 4) is 0 Å². The lowest BCUT2D eigenvalue weighted by Gasteiger charge is -2.04. The number of oxazole rings is 1. The van der Waals surface area contributed by atoms with Gasteiger partial charge in [0, 0.05) is 25.6 Å². The number of fused-ring (bicyclic) bond motifs is 1. The number of anilines is 2. The Morgan fingerprint density at radius 1 is 1.30 bits per heavy atom. The Bertz CT molecular complexity index is 882. The predicted octanol–water partition coefficient (Wildman–Crippen LogP) is 1.32. The zero-order valence-corrected chi connectivity index (χ0v) is 12.5. The maximum Gasteiger partial charge on any atom is 0.246 e. The first-order valence-corrected chi connectivity index (χ1v) is 6.84. The van der Waals surface area contributed by atoms with Gasteiger partial charge < -0.3 is 15.1 Å². The van der Waals surface area contributed by atoms with Gasteiger partial charge in [0.2, 0.25) is 11.8 Å². The first-order valence-electron chi connectivity index (χ1n) is 6.84. The Morgan fingerprint density at radius 2 is 2.13 bits per heavy atom. The van der Waals surface area contributed by atoms with Gasteiger partial charge in [0.25, 0.3) is 0 Å². The van der Waals surface area contributed by atoms with Crippen LogP contribution < -0.4 is 10.6 Å². The van der Waals surface area contributed by atoms with E-state index in [0.29, 0.717) is 23.0 Å². The fraction of sp³-hybridized carbons (Fsp3) is 0.214. The van der Waals surface area contributed by atoms with Gasteiger partial charge in [-0.3, -0.25) is 9.59 Å². The van der Waals surface area contributed by atoms with Crippen molar-refractivity contribution in [2.45, 2.75) is 20.4 Å². The van der Waals surface area contributed by atoms with Crippen molar-refractivity contribution in [3.63, 3.8) is 0 Å². The summed E-state index contributed by atoms with van der Waals surface area (Å²) in [5, 5.41) is 12.7. The van der Waals surface area contributed by atoms with Crippen LogP contribution in [0.3, 0.4) is 0 Å². The number of carbonyl (C=O) groups excluding carboxylic acids is 2. The molecule has 0 spiro atoms. The van der Waals surface area contributed by atoms with Gasteiger partial charge in [-0.2, -0.15) is 0 Å². The van der Waals surface area contributed by atoms with Crippen molar-refractivity contribution in [2.75, 3.05) is 10.6 Å². The third-order valence-electron chi connectivity index (χ3n) is 2.93. The number of benzene rings is 1. The van der Waals surface area contributed by atoms with E-state index in [0.717, 1.165) is 5.52 Å². The molecule has 0 unspecified atom stereocenters. The second-order valence-electron chi connectivity index (χ2n) is 4.95. The number of nitrogens with one attached hydrogen (secondary N) is 2. The number of rotatable bonds is 4. The average Bonchev–Trinajstić information content (AvgIpc) is 3.03. The molecule has 9 heteroatoms. The largest absolute Gasteiger partial charge is 0.441 e. The molecule has 3 aromatic rings. The van der Waals surface area contributed by atoms with Crippen LogP contribution in [0.2, 0.25) is 0 Å². The highest BCUT2D eigenvalue weighted by Crippen LogP contribution is 2.19. The molecule has 2 aromatic heterocycles. The van der Waals surface area contributed by atoms with Gasteiger partial charge in [-0.05, 0) is 12.1 Å². The Morgan fingerprint density at radius 3 is 2.91 bits per heavy atom. The summed E-state index contributed by atoms with van der Waals surface area (Å²) in [7, 11) is 0. The van der Waals surface area contributed by atoms with Crippen molar-refractivity contribution in [1.29, 1.82) is 0 Å². The highest BCUT2D eigenvalue weighted by Gasteiger charge is 2.09. The molecule has 3 rings (SSSR count). The first kappa shape index (κ1) is 14.7. The van der Waals surface area contributed by atoms with Gasteiger partial charge in [-0.25, -0.2) is 9.67 Å². The van der Waals surface area contributed by atoms with Crippen LogP contribution in [-0.4, -0.2) is 31.8 Å². The Labute approximate surface area is 130 Å². The summed E-state index contributed by atoms with van der Waals surface area (Å²) in [5.41, 5.74) is 1.94. The molecule has 0 atom stereocenters. The molecule has 0 radical (unpaired) electrons. The quantitative estimate of drug-likeness (QED) is 0.750. The van der Waals surface area contributed by atoms with E-state index in [4.69, 9.17) is 4.42 Å². The van der Waals surface area contributed by atoms with Crippen LogP contribution in [0.15, 0.2) is 28.8 Å². The second-order valence-corrected chi connectivity index (χ2v) is 4.95. The van der Waals surface area contributed by atoms with E-state index < -0.39 is 0 Å². The minimum atomic E-state index is -0.278. The van der Waals surface area contributed by atoms with Crippen LogP contribution in [0, 0.1) is 6.92 Å². The number of nitrogens with zero attached hydrogens (tertiary/aromatic N) is 4. The Hall–Kier alpha value is -3.23. The van der Waals surface area contributed by atoms with Crippen LogP contribution in [0.25, 0.3) is 11.1 Å². The summed E-state index contributed by atoms with van der Waals surface area (Å²) in [6, 6.07) is 5.22. The van der Waals surface area contributed by atoms with Crippen molar-refractivity contribution < 1.29 is 14.0 Å². The highest BCUT2D eigenvalue weighted by atomic mass is 16.3. The monoisotopic (exact) mass is 314 g/mol. The number of hydrogen-bond acceptors (Lipinski definition) is 6. The van der Waals surface area contributed by atoms with E-state index in [2.05, 4.69) is 25.9 Å². The fourth-order valence-electron chi connectivity index (χ4n) is 2.08. The van der Waals surface area contributed by atoms with Gasteiger partial charge in [0.15, 0.2) is 17.3 Å². The van der Waals surface area contributed by atoms with Gasteiger partial charge in [0.05, 0.1) is 6.20 Å².